The van der Waals surface area contributed by atoms with Crippen molar-refractivity contribution in [3.63, 3.8) is 0 Å². The number of aliphatic carboxylic acids is 1. The van der Waals surface area contributed by atoms with E-state index in [1.807, 2.05) is 0 Å². The van der Waals surface area contributed by atoms with Gasteiger partial charge in [0.15, 0.2) is 0 Å². The van der Waals surface area contributed by atoms with Crippen LogP contribution in [0.25, 0.3) is 0 Å². The van der Waals surface area contributed by atoms with Crippen LogP contribution in [0.3, 0.4) is 0 Å². The first kappa shape index (κ1) is 20.6. The number of carbonyl (C=O) groups excluding carboxylic acids is 2. The molecule has 0 atom stereocenters. The van der Waals surface area contributed by atoms with Gasteiger partial charge in [0.2, 0.25) is 0 Å². The molecule has 0 spiro atoms. The Morgan fingerprint density at radius 2 is 1.67 bits per heavy atom. The minimum Gasteiger partial charge on any atom is -0.550 e. The Morgan fingerprint density at radius 1 is 1.05 bits per heavy atom. The third-order valence-electron chi connectivity index (χ3n) is 2.99. The second-order valence-electron chi connectivity index (χ2n) is 4.66. The van der Waals surface area contributed by atoms with Crippen LogP contribution in [-0.4, -0.2) is 23.5 Å². The topological polar surface area (TPSA) is 89.5 Å². The molecule has 0 fully saturated rings. The Kier molecular flexibility index (Phi) is 11.9. The van der Waals surface area contributed by atoms with Gasteiger partial charge < -0.3 is 20.3 Å². The van der Waals surface area contributed by atoms with Crippen LogP contribution in [0.2, 0.25) is 0 Å². The zero-order chi connectivity index (χ0) is 14.8. The molecule has 1 amide bonds. The summed E-state index contributed by atoms with van der Waals surface area (Å²) < 4.78 is 0. The third kappa shape index (κ3) is 9.26. The fourth-order valence-corrected chi connectivity index (χ4v) is 1.89. The first-order valence-electron chi connectivity index (χ1n) is 6.87. The van der Waals surface area contributed by atoms with Crippen LogP contribution in [0.1, 0.15) is 48.9 Å². The Balaban J connectivity index is 0.00000400. The second-order valence-corrected chi connectivity index (χ2v) is 4.66. The molecule has 0 aliphatic rings. The quantitative estimate of drug-likeness (QED) is 0.416. The van der Waals surface area contributed by atoms with Crippen LogP contribution >= 0.6 is 0 Å². The Hall–Kier alpha value is -0.404. The van der Waals surface area contributed by atoms with Crippen molar-refractivity contribution in [1.29, 1.82) is 0 Å². The normalized spacial score (nSPS) is 9.71. The van der Waals surface area contributed by atoms with Crippen LogP contribution < -0.4 is 61.8 Å². The number of amides is 1. The summed E-state index contributed by atoms with van der Waals surface area (Å²) in [5.74, 6) is -1.30. The SMILES string of the molecule is O=C([O-])CCCCCCCNC(=O)c1ccccc1O.[K+]. The molecule has 0 saturated heterocycles. The average Bonchev–Trinajstić information content (AvgIpc) is 2.41. The Morgan fingerprint density at radius 3 is 2.33 bits per heavy atom. The molecular formula is C15H20KNO4. The molecule has 0 saturated carbocycles. The molecule has 0 unspecified atom stereocenters. The summed E-state index contributed by atoms with van der Waals surface area (Å²) in [4.78, 5) is 21.9. The van der Waals surface area contributed by atoms with E-state index in [0.29, 0.717) is 13.0 Å². The zero-order valence-corrected chi connectivity index (χ0v) is 15.6. The van der Waals surface area contributed by atoms with E-state index in [9.17, 15) is 19.8 Å². The van der Waals surface area contributed by atoms with Crippen molar-refractivity contribution in [2.75, 3.05) is 6.54 Å². The molecule has 0 aliphatic carbocycles. The van der Waals surface area contributed by atoms with Crippen LogP contribution in [-0.2, 0) is 4.79 Å². The van der Waals surface area contributed by atoms with E-state index in [-0.39, 0.29) is 75.0 Å². The van der Waals surface area contributed by atoms with Crippen LogP contribution in [0.4, 0.5) is 0 Å². The van der Waals surface area contributed by atoms with Crippen molar-refractivity contribution >= 4 is 11.9 Å². The van der Waals surface area contributed by atoms with Crippen molar-refractivity contribution in [3.8, 4) is 5.75 Å². The molecule has 1 aromatic rings. The number of para-hydroxylation sites is 1. The van der Waals surface area contributed by atoms with Gasteiger partial charge in [0, 0.05) is 12.5 Å². The largest absolute Gasteiger partial charge is 1.00 e. The number of unbranched alkanes of at least 4 members (excludes halogenated alkanes) is 4. The minimum atomic E-state index is -1.00. The minimum absolute atomic E-state index is 0. The molecule has 0 aromatic heterocycles. The van der Waals surface area contributed by atoms with E-state index in [4.69, 9.17) is 0 Å². The molecule has 21 heavy (non-hydrogen) atoms. The number of carboxylic acid groups (broad SMARTS) is 1. The van der Waals surface area contributed by atoms with Gasteiger partial charge in [-0.2, -0.15) is 0 Å². The number of phenolic OH excluding ortho intramolecular Hbond substituents is 1. The van der Waals surface area contributed by atoms with Gasteiger partial charge in [-0.15, -0.1) is 0 Å². The van der Waals surface area contributed by atoms with Gasteiger partial charge in [-0.1, -0.05) is 31.4 Å². The summed E-state index contributed by atoms with van der Waals surface area (Å²) in [5, 5.41) is 22.5. The molecule has 0 radical (unpaired) electrons. The van der Waals surface area contributed by atoms with Gasteiger partial charge in [-0.3, -0.25) is 4.79 Å². The van der Waals surface area contributed by atoms with Crippen molar-refractivity contribution < 1.29 is 71.2 Å². The summed E-state index contributed by atoms with van der Waals surface area (Å²) in [6, 6.07) is 6.42. The summed E-state index contributed by atoms with van der Waals surface area (Å²) in [7, 11) is 0. The number of phenols is 1. The molecule has 110 valence electrons. The van der Waals surface area contributed by atoms with Gasteiger partial charge in [0.05, 0.1) is 5.56 Å². The maximum absolute atomic E-state index is 11.7. The van der Waals surface area contributed by atoms with Crippen molar-refractivity contribution in [2.24, 2.45) is 0 Å². The number of aromatic hydroxyl groups is 1. The van der Waals surface area contributed by atoms with Crippen molar-refractivity contribution in [1.82, 2.24) is 5.32 Å². The Labute approximate surface area is 167 Å². The fourth-order valence-electron chi connectivity index (χ4n) is 1.89. The third-order valence-corrected chi connectivity index (χ3v) is 2.99. The maximum atomic E-state index is 11.7. The van der Waals surface area contributed by atoms with Gasteiger partial charge >= 0.3 is 51.4 Å². The number of hydrogen-bond acceptors (Lipinski definition) is 4. The molecule has 1 rings (SSSR count). The number of carboxylic acids is 1. The van der Waals surface area contributed by atoms with E-state index in [2.05, 4.69) is 5.32 Å². The smallest absolute Gasteiger partial charge is 0.550 e. The number of nitrogens with one attached hydrogen (secondary N) is 1. The number of benzene rings is 1. The standard InChI is InChI=1S/C15H21NO4.K/c17-13-9-6-5-8-12(13)15(20)16-11-7-3-1-2-4-10-14(18)19;/h5-6,8-9,17H,1-4,7,10-11H2,(H,16,20)(H,18,19);/q;+1/p-1. The molecule has 5 nitrogen and oxygen atoms in total. The molecule has 0 bridgehead atoms. The fraction of sp³-hybridized carbons (Fsp3) is 0.467. The van der Waals surface area contributed by atoms with E-state index in [0.717, 1.165) is 25.7 Å². The van der Waals surface area contributed by atoms with E-state index < -0.39 is 5.97 Å². The number of hydrogen-bond donors (Lipinski definition) is 2. The van der Waals surface area contributed by atoms with E-state index >= 15 is 0 Å². The molecule has 6 heteroatoms. The van der Waals surface area contributed by atoms with Crippen molar-refractivity contribution in [3.05, 3.63) is 29.8 Å². The predicted molar refractivity (Wildman–Crippen MR) is 73.1 cm³/mol. The van der Waals surface area contributed by atoms with Gasteiger partial charge in [0.25, 0.3) is 5.91 Å². The summed E-state index contributed by atoms with van der Waals surface area (Å²) in [5.41, 5.74) is 0.279. The first-order valence-corrected chi connectivity index (χ1v) is 6.87. The Bertz CT molecular complexity index is 451. The molecule has 1 aromatic carbocycles. The predicted octanol–water partition coefficient (Wildman–Crippen LogP) is -1.78. The maximum Gasteiger partial charge on any atom is 1.00 e. The van der Waals surface area contributed by atoms with E-state index in [1.165, 1.54) is 6.07 Å². The summed E-state index contributed by atoms with van der Waals surface area (Å²) in [6.45, 7) is 0.549. The second kappa shape index (κ2) is 12.2. The van der Waals surface area contributed by atoms with Gasteiger partial charge in [0.1, 0.15) is 5.75 Å². The van der Waals surface area contributed by atoms with Crippen LogP contribution in [0, 0.1) is 0 Å². The summed E-state index contributed by atoms with van der Waals surface area (Å²) in [6.07, 6.45) is 4.34. The van der Waals surface area contributed by atoms with Crippen LogP contribution in [0.15, 0.2) is 24.3 Å². The number of rotatable bonds is 9. The average molecular weight is 317 g/mol. The molecular weight excluding hydrogens is 297 g/mol. The molecule has 0 heterocycles. The van der Waals surface area contributed by atoms with Gasteiger partial charge in [-0.05, 0) is 31.4 Å². The first-order chi connectivity index (χ1) is 9.61. The monoisotopic (exact) mass is 317 g/mol. The summed E-state index contributed by atoms with van der Waals surface area (Å²) >= 11 is 0. The molecule has 2 N–H and O–H groups in total. The van der Waals surface area contributed by atoms with E-state index in [1.54, 1.807) is 18.2 Å². The van der Waals surface area contributed by atoms with Crippen molar-refractivity contribution in [2.45, 2.75) is 38.5 Å². The number of carbonyl (C=O) groups is 2. The molecule has 0 aliphatic heterocycles. The van der Waals surface area contributed by atoms with Gasteiger partial charge in [-0.25, -0.2) is 0 Å². The van der Waals surface area contributed by atoms with Crippen LogP contribution in [0.5, 0.6) is 5.75 Å². The zero-order valence-electron chi connectivity index (χ0n) is 12.4.